The number of alkyl halides is 3. The Kier molecular flexibility index (Phi) is 10.4. The third-order valence-electron chi connectivity index (χ3n) is 0.200. The average Bonchev–Trinajstić information content (AvgIpc) is 1.35. The summed E-state index contributed by atoms with van der Waals surface area (Å²) in [5, 5.41) is 0. The van der Waals surface area contributed by atoms with Crippen molar-refractivity contribution in [3.8, 4) is 0 Å². The van der Waals surface area contributed by atoms with Gasteiger partial charge in [0.15, 0.2) is 0 Å². The molecule has 0 aromatic rings. The van der Waals surface area contributed by atoms with Crippen molar-refractivity contribution in [2.24, 2.45) is 0 Å². The first kappa shape index (κ1) is 15.7. The zero-order valence-electron chi connectivity index (χ0n) is 4.55. The van der Waals surface area contributed by atoms with Gasteiger partial charge in [-0.05, 0) is 0 Å². The molecule has 0 aromatic carbocycles. The molecule has 0 aliphatic carbocycles. The van der Waals surface area contributed by atoms with Crippen molar-refractivity contribution in [2.75, 3.05) is 0 Å². The summed E-state index contributed by atoms with van der Waals surface area (Å²) in [6.07, 6.45) is -3.47. The van der Waals surface area contributed by atoms with Gasteiger partial charge < -0.3 is 13.5 Å². The van der Waals surface area contributed by atoms with Gasteiger partial charge in [0.1, 0.15) is 0 Å². The minimum Gasteiger partial charge on any atom is -0.396 e. The van der Waals surface area contributed by atoms with E-state index in [4.69, 9.17) is 0 Å². The van der Waals surface area contributed by atoms with Crippen LogP contribution in [0.15, 0.2) is 6.58 Å². The molecular formula is C4H5F3Zn. The van der Waals surface area contributed by atoms with Crippen LogP contribution in [0.4, 0.5) is 13.2 Å². The average molecular weight is 175 g/mol. The molecule has 0 saturated carbocycles. The number of hydrogen-bond acceptors (Lipinski definition) is 0. The molecule has 44 valence electrons. The number of allylic oxidation sites excluding steroid dienone is 1. The van der Waals surface area contributed by atoms with Crippen LogP contribution in [0.1, 0.15) is 0 Å². The summed E-state index contributed by atoms with van der Waals surface area (Å²) in [6.45, 7) is 2.38. The van der Waals surface area contributed by atoms with Gasteiger partial charge in [0.2, 0.25) is 0 Å². The van der Waals surface area contributed by atoms with Gasteiger partial charge in [0.05, 0.1) is 0 Å². The van der Waals surface area contributed by atoms with Gasteiger partial charge in [-0.1, -0.05) is 0 Å². The van der Waals surface area contributed by atoms with Crippen LogP contribution in [-0.2, 0) is 19.5 Å². The fraction of sp³-hybridized carbons (Fsp3) is 0.250. The fourth-order valence-corrected chi connectivity index (χ4v) is 0. The zero-order chi connectivity index (χ0) is 5.21. The summed E-state index contributed by atoms with van der Waals surface area (Å²) in [5.74, 6) is 0. The van der Waals surface area contributed by atoms with E-state index in [1.807, 2.05) is 0 Å². The molecule has 0 heterocycles. The summed E-state index contributed by atoms with van der Waals surface area (Å²) >= 11 is 0. The van der Waals surface area contributed by atoms with Crippen molar-refractivity contribution in [3.05, 3.63) is 20.1 Å². The van der Waals surface area contributed by atoms with Crippen LogP contribution >= 0.6 is 0 Å². The predicted molar refractivity (Wildman–Crippen MR) is 21.3 cm³/mol. The van der Waals surface area contributed by atoms with Crippen LogP contribution in [0, 0.1) is 13.5 Å². The Morgan fingerprint density at radius 3 is 1.38 bits per heavy atom. The molecule has 0 saturated heterocycles. The first-order valence-electron chi connectivity index (χ1n) is 1.17. The molecule has 0 atom stereocenters. The second kappa shape index (κ2) is 5.29. The van der Waals surface area contributed by atoms with E-state index in [2.05, 4.69) is 6.58 Å². The minimum absolute atomic E-state index is 0. The number of hydrogen-bond donors (Lipinski definition) is 0. The second-order valence-corrected chi connectivity index (χ2v) is 0.675. The Bertz CT molecular complexity index is 56.8. The molecule has 0 N–H and O–H groups in total. The van der Waals surface area contributed by atoms with Crippen molar-refractivity contribution in [2.45, 2.75) is 6.18 Å². The third kappa shape index (κ3) is 16.4. The predicted octanol–water partition coefficient (Wildman–Crippen LogP) is 1.99. The van der Waals surface area contributed by atoms with Crippen molar-refractivity contribution in [1.29, 1.82) is 0 Å². The van der Waals surface area contributed by atoms with Gasteiger partial charge in [-0.3, -0.25) is 6.58 Å². The Morgan fingerprint density at radius 1 is 1.25 bits per heavy atom. The summed E-state index contributed by atoms with van der Waals surface area (Å²) in [6, 6.07) is 0. The van der Waals surface area contributed by atoms with E-state index in [1.165, 1.54) is 0 Å². The maximum absolute atomic E-state index is 10.6. The van der Waals surface area contributed by atoms with Crippen LogP contribution < -0.4 is 0 Å². The molecule has 0 fully saturated rings. The SMILES string of the molecule is C=[C-]C(F)(F)F.[CH3-].[Zn+2]. The van der Waals surface area contributed by atoms with Crippen molar-refractivity contribution in [1.82, 2.24) is 0 Å². The van der Waals surface area contributed by atoms with Crippen LogP contribution in [0.5, 0.6) is 0 Å². The fourth-order valence-electron chi connectivity index (χ4n) is 0. The Balaban J connectivity index is -0.000000125. The molecule has 0 bridgehead atoms. The molecule has 0 aliphatic heterocycles. The van der Waals surface area contributed by atoms with Crippen molar-refractivity contribution in [3.63, 3.8) is 0 Å². The molecule has 0 aromatic heterocycles. The monoisotopic (exact) mass is 174 g/mol. The smallest absolute Gasteiger partial charge is 0.396 e. The normalized spacial score (nSPS) is 8.38. The van der Waals surface area contributed by atoms with Crippen LogP contribution in [-0.4, -0.2) is 6.18 Å². The molecule has 0 spiro atoms. The first-order chi connectivity index (χ1) is 2.56. The zero-order valence-corrected chi connectivity index (χ0v) is 7.52. The standard InChI is InChI=1S/C3H2F3.CH3.Zn/c1-2-3(4,5)6;;/h1H2;1H3;/q2*-1;+2. The molecule has 0 nitrogen and oxygen atoms in total. The van der Waals surface area contributed by atoms with E-state index >= 15 is 0 Å². The second-order valence-electron chi connectivity index (χ2n) is 0.675. The van der Waals surface area contributed by atoms with Gasteiger partial charge in [-0.25, -0.2) is 13.2 Å². The first-order valence-corrected chi connectivity index (χ1v) is 1.17. The van der Waals surface area contributed by atoms with Crippen LogP contribution in [0.3, 0.4) is 0 Å². The quantitative estimate of drug-likeness (QED) is 0.390. The molecule has 8 heavy (non-hydrogen) atoms. The van der Waals surface area contributed by atoms with Gasteiger partial charge >= 0.3 is 19.5 Å². The van der Waals surface area contributed by atoms with Gasteiger partial charge in [0, 0.05) is 0 Å². The summed E-state index contributed by atoms with van der Waals surface area (Å²) in [5.41, 5.74) is 0. The van der Waals surface area contributed by atoms with E-state index in [1.54, 1.807) is 0 Å². The van der Waals surface area contributed by atoms with Crippen LogP contribution in [0.25, 0.3) is 0 Å². The summed E-state index contributed by atoms with van der Waals surface area (Å²) in [7, 11) is 0. The summed E-state index contributed by atoms with van der Waals surface area (Å²) < 4.78 is 31.8. The molecule has 0 amide bonds. The molecule has 0 unspecified atom stereocenters. The van der Waals surface area contributed by atoms with Gasteiger partial charge in [0.25, 0.3) is 6.18 Å². The number of rotatable bonds is 0. The van der Waals surface area contributed by atoms with E-state index in [0.717, 1.165) is 6.08 Å². The molecule has 0 rings (SSSR count). The van der Waals surface area contributed by atoms with Gasteiger partial charge in [-0.2, -0.15) is 0 Å². The maximum Gasteiger partial charge on any atom is 2.00 e. The Labute approximate surface area is 59.5 Å². The maximum atomic E-state index is 10.6. The number of halogens is 3. The van der Waals surface area contributed by atoms with Crippen molar-refractivity contribution >= 4 is 0 Å². The third-order valence-corrected chi connectivity index (χ3v) is 0.200. The van der Waals surface area contributed by atoms with E-state index in [-0.39, 0.29) is 26.9 Å². The Hall–Kier alpha value is 0.153. The summed E-state index contributed by atoms with van der Waals surface area (Å²) in [4.78, 5) is 0. The largest absolute Gasteiger partial charge is 2.00 e. The van der Waals surface area contributed by atoms with E-state index < -0.39 is 6.18 Å². The Morgan fingerprint density at radius 2 is 1.38 bits per heavy atom. The molecular weight excluding hydrogens is 170 g/mol. The van der Waals surface area contributed by atoms with E-state index in [9.17, 15) is 13.2 Å². The molecule has 4 heteroatoms. The molecule has 0 radical (unpaired) electrons. The topological polar surface area (TPSA) is 0 Å². The van der Waals surface area contributed by atoms with Crippen molar-refractivity contribution < 1.29 is 32.6 Å². The van der Waals surface area contributed by atoms with Gasteiger partial charge in [-0.15, -0.1) is 0 Å². The van der Waals surface area contributed by atoms with Crippen LogP contribution in [0.2, 0.25) is 0 Å². The molecule has 0 aliphatic rings. The minimum atomic E-state index is -4.32. The van der Waals surface area contributed by atoms with E-state index in [0.29, 0.717) is 0 Å².